The van der Waals surface area contributed by atoms with E-state index in [0.29, 0.717) is 12.6 Å². The first-order valence-corrected chi connectivity index (χ1v) is 11.9. The maximum absolute atomic E-state index is 11.9. The van der Waals surface area contributed by atoms with Gasteiger partial charge in [0.05, 0.1) is 6.61 Å². The van der Waals surface area contributed by atoms with E-state index in [4.69, 9.17) is 9.73 Å². The fraction of sp³-hybridized carbons (Fsp3) is 0.727. The van der Waals surface area contributed by atoms with Crippen molar-refractivity contribution in [2.45, 2.75) is 39.2 Å². The number of likely N-dealkylation sites (tertiary alicyclic amines) is 1. The minimum atomic E-state index is -0.205. The highest BCUT2D eigenvalue weighted by Gasteiger charge is 2.24. The molecule has 0 bridgehead atoms. The Kier molecular flexibility index (Phi) is 9.80. The van der Waals surface area contributed by atoms with Gasteiger partial charge in [0.15, 0.2) is 5.96 Å². The van der Waals surface area contributed by atoms with E-state index in [-0.39, 0.29) is 6.09 Å². The molecule has 0 atom stereocenters. The Hall–Kier alpha value is -2.62. The van der Waals surface area contributed by atoms with Gasteiger partial charge in [0.25, 0.3) is 0 Å². The SMILES string of the molecule is CCNC(=NCCCN1CCN(c2ncccn2)CC1)NC1CCN(C(=O)OCC)CC1. The van der Waals surface area contributed by atoms with E-state index in [2.05, 4.69) is 37.3 Å². The lowest BCUT2D eigenvalue weighted by atomic mass is 10.1. The predicted octanol–water partition coefficient (Wildman–Crippen LogP) is 1.16. The molecule has 1 amide bonds. The minimum Gasteiger partial charge on any atom is -0.450 e. The fourth-order valence-corrected chi connectivity index (χ4v) is 4.05. The third-order valence-electron chi connectivity index (χ3n) is 5.82. The zero-order valence-electron chi connectivity index (χ0n) is 19.5. The van der Waals surface area contributed by atoms with Gasteiger partial charge in [-0.3, -0.25) is 9.89 Å². The highest BCUT2D eigenvalue weighted by molar-refractivity contribution is 5.80. The molecule has 0 aromatic carbocycles. The van der Waals surface area contributed by atoms with E-state index in [1.165, 1.54) is 0 Å². The molecule has 3 rings (SSSR count). The summed E-state index contributed by atoms with van der Waals surface area (Å²) in [4.78, 5) is 31.8. The Morgan fingerprint density at radius 2 is 1.84 bits per heavy atom. The summed E-state index contributed by atoms with van der Waals surface area (Å²) in [6.07, 6.45) is 6.22. The number of rotatable bonds is 8. The lowest BCUT2D eigenvalue weighted by Crippen LogP contribution is -2.50. The maximum Gasteiger partial charge on any atom is 0.409 e. The molecule has 3 heterocycles. The number of amides is 1. The Balaban J connectivity index is 1.34. The molecule has 1 aromatic rings. The number of piperazine rings is 1. The van der Waals surface area contributed by atoms with E-state index < -0.39 is 0 Å². The van der Waals surface area contributed by atoms with Crippen molar-refractivity contribution in [3.63, 3.8) is 0 Å². The van der Waals surface area contributed by atoms with Crippen LogP contribution in [0.25, 0.3) is 0 Å². The molecule has 10 heteroatoms. The van der Waals surface area contributed by atoms with Crippen molar-refractivity contribution >= 4 is 18.0 Å². The molecule has 0 spiro atoms. The quantitative estimate of drug-likeness (QED) is 0.349. The van der Waals surface area contributed by atoms with Gasteiger partial charge >= 0.3 is 6.09 Å². The van der Waals surface area contributed by atoms with Gasteiger partial charge in [0.2, 0.25) is 5.95 Å². The van der Waals surface area contributed by atoms with E-state index >= 15 is 0 Å². The van der Waals surface area contributed by atoms with Crippen molar-refractivity contribution in [3.8, 4) is 0 Å². The first kappa shape index (κ1) is 24.0. The maximum atomic E-state index is 11.9. The summed E-state index contributed by atoms with van der Waals surface area (Å²) in [5, 5.41) is 6.88. The molecule has 2 aliphatic rings. The summed E-state index contributed by atoms with van der Waals surface area (Å²) in [6.45, 7) is 12.4. The zero-order valence-corrected chi connectivity index (χ0v) is 19.5. The molecular weight excluding hydrogens is 408 g/mol. The third kappa shape index (κ3) is 7.51. The Labute approximate surface area is 191 Å². The summed E-state index contributed by atoms with van der Waals surface area (Å²) < 4.78 is 5.10. The van der Waals surface area contributed by atoms with Crippen LogP contribution >= 0.6 is 0 Å². The van der Waals surface area contributed by atoms with Crippen molar-refractivity contribution < 1.29 is 9.53 Å². The van der Waals surface area contributed by atoms with Gasteiger partial charge in [-0.25, -0.2) is 14.8 Å². The Morgan fingerprint density at radius 3 is 2.50 bits per heavy atom. The smallest absolute Gasteiger partial charge is 0.409 e. The van der Waals surface area contributed by atoms with Crippen molar-refractivity contribution in [1.29, 1.82) is 0 Å². The molecule has 0 radical (unpaired) electrons. The number of anilines is 1. The first-order chi connectivity index (χ1) is 15.7. The zero-order chi connectivity index (χ0) is 22.6. The van der Waals surface area contributed by atoms with Crippen LogP contribution < -0.4 is 15.5 Å². The van der Waals surface area contributed by atoms with Gasteiger partial charge < -0.3 is 25.2 Å². The van der Waals surface area contributed by atoms with Crippen molar-refractivity contribution in [2.75, 3.05) is 70.4 Å². The lowest BCUT2D eigenvalue weighted by Gasteiger charge is -2.34. The van der Waals surface area contributed by atoms with Gasteiger partial charge in [-0.1, -0.05) is 0 Å². The molecule has 2 N–H and O–H groups in total. The molecule has 1 aromatic heterocycles. The lowest BCUT2D eigenvalue weighted by molar-refractivity contribution is 0.0963. The van der Waals surface area contributed by atoms with Crippen LogP contribution in [0.4, 0.5) is 10.7 Å². The number of guanidine groups is 1. The molecule has 0 aliphatic carbocycles. The molecule has 2 saturated heterocycles. The number of nitrogens with one attached hydrogen (secondary N) is 2. The number of ether oxygens (including phenoxy) is 1. The number of carbonyl (C=O) groups excluding carboxylic acids is 1. The second kappa shape index (κ2) is 13.0. The number of carbonyl (C=O) groups is 1. The number of piperidine rings is 1. The Bertz CT molecular complexity index is 701. The number of aromatic nitrogens is 2. The van der Waals surface area contributed by atoms with Gasteiger partial charge in [0.1, 0.15) is 0 Å². The third-order valence-corrected chi connectivity index (χ3v) is 5.82. The summed E-state index contributed by atoms with van der Waals surface area (Å²) in [5.41, 5.74) is 0. The van der Waals surface area contributed by atoms with Gasteiger partial charge in [-0.2, -0.15) is 0 Å². The molecule has 2 fully saturated rings. The summed E-state index contributed by atoms with van der Waals surface area (Å²) >= 11 is 0. The second-order valence-electron chi connectivity index (χ2n) is 8.10. The van der Waals surface area contributed by atoms with E-state index in [1.807, 2.05) is 13.0 Å². The van der Waals surface area contributed by atoms with Crippen LogP contribution in [0.3, 0.4) is 0 Å². The van der Waals surface area contributed by atoms with Crippen LogP contribution in [0.15, 0.2) is 23.5 Å². The topological polar surface area (TPSA) is 98.2 Å². The van der Waals surface area contributed by atoms with Gasteiger partial charge in [0, 0.05) is 77.3 Å². The van der Waals surface area contributed by atoms with E-state index in [9.17, 15) is 4.79 Å². The van der Waals surface area contributed by atoms with Crippen LogP contribution in [-0.2, 0) is 4.74 Å². The van der Waals surface area contributed by atoms with Crippen molar-refractivity contribution in [2.24, 2.45) is 4.99 Å². The highest BCUT2D eigenvalue weighted by atomic mass is 16.6. The van der Waals surface area contributed by atoms with Crippen LogP contribution in [0.5, 0.6) is 0 Å². The van der Waals surface area contributed by atoms with E-state index in [1.54, 1.807) is 17.3 Å². The molecule has 32 heavy (non-hydrogen) atoms. The molecule has 2 aliphatic heterocycles. The predicted molar refractivity (Wildman–Crippen MR) is 126 cm³/mol. The largest absolute Gasteiger partial charge is 0.450 e. The summed E-state index contributed by atoms with van der Waals surface area (Å²) in [7, 11) is 0. The highest BCUT2D eigenvalue weighted by Crippen LogP contribution is 2.12. The van der Waals surface area contributed by atoms with E-state index in [0.717, 1.165) is 90.1 Å². The van der Waals surface area contributed by atoms with Crippen LogP contribution in [-0.4, -0.2) is 103 Å². The van der Waals surface area contributed by atoms with Crippen LogP contribution in [0.2, 0.25) is 0 Å². The van der Waals surface area contributed by atoms with Gasteiger partial charge in [-0.05, 0) is 39.2 Å². The molecule has 10 nitrogen and oxygen atoms in total. The number of hydrogen-bond acceptors (Lipinski definition) is 7. The summed E-state index contributed by atoms with van der Waals surface area (Å²) in [5.74, 6) is 1.69. The normalized spacial score (nSPS) is 18.5. The molecular formula is C22H38N8O2. The second-order valence-corrected chi connectivity index (χ2v) is 8.10. The van der Waals surface area contributed by atoms with Crippen molar-refractivity contribution in [3.05, 3.63) is 18.5 Å². The number of nitrogens with zero attached hydrogens (tertiary/aromatic N) is 6. The molecule has 178 valence electrons. The summed E-state index contributed by atoms with van der Waals surface area (Å²) in [6, 6.07) is 2.18. The average molecular weight is 447 g/mol. The standard InChI is InChI=1S/C22H38N8O2/c1-3-23-20(27-19-7-13-30(14-8-19)22(31)32-4-2)24-11-6-12-28-15-17-29(18-16-28)21-25-9-5-10-26-21/h5,9-10,19H,3-4,6-8,11-18H2,1-2H3,(H2,23,24,27). The Morgan fingerprint density at radius 1 is 1.12 bits per heavy atom. The fourth-order valence-electron chi connectivity index (χ4n) is 4.05. The molecule has 0 saturated carbocycles. The van der Waals surface area contributed by atoms with Gasteiger partial charge in [-0.15, -0.1) is 0 Å². The minimum absolute atomic E-state index is 0.205. The van der Waals surface area contributed by atoms with Crippen LogP contribution in [0, 0.1) is 0 Å². The first-order valence-electron chi connectivity index (χ1n) is 11.9. The monoisotopic (exact) mass is 446 g/mol. The average Bonchev–Trinajstić information content (AvgIpc) is 2.83. The van der Waals surface area contributed by atoms with Crippen molar-refractivity contribution in [1.82, 2.24) is 30.4 Å². The number of hydrogen-bond donors (Lipinski definition) is 2. The van der Waals surface area contributed by atoms with Crippen LogP contribution in [0.1, 0.15) is 33.1 Å². The molecule has 0 unspecified atom stereocenters. The number of aliphatic imine (C=N–C) groups is 1.